The average Bonchev–Trinajstić information content (AvgIpc) is 3.00. The SMILES string of the molecule is CSc1ccc(S(=O)(=O)N[C@@H]2C[C@H]3CC[C@@H]2C3)cc1. The van der Waals surface area contributed by atoms with Gasteiger partial charge in [-0.2, -0.15) is 0 Å². The molecule has 0 aromatic heterocycles. The van der Waals surface area contributed by atoms with Crippen LogP contribution in [0.5, 0.6) is 0 Å². The van der Waals surface area contributed by atoms with Crippen LogP contribution in [0.3, 0.4) is 0 Å². The van der Waals surface area contributed by atoms with Gasteiger partial charge >= 0.3 is 0 Å². The number of rotatable bonds is 4. The second kappa shape index (κ2) is 5.11. The summed E-state index contributed by atoms with van der Waals surface area (Å²) in [5.74, 6) is 1.31. The van der Waals surface area contributed by atoms with E-state index in [9.17, 15) is 8.42 Å². The van der Waals surface area contributed by atoms with Crippen molar-refractivity contribution in [3.8, 4) is 0 Å². The van der Waals surface area contributed by atoms with Crippen molar-refractivity contribution < 1.29 is 8.42 Å². The highest BCUT2D eigenvalue weighted by atomic mass is 32.2. The lowest BCUT2D eigenvalue weighted by atomic mass is 9.96. The Morgan fingerprint density at radius 1 is 1.16 bits per heavy atom. The topological polar surface area (TPSA) is 46.2 Å². The smallest absolute Gasteiger partial charge is 0.208 e. The van der Waals surface area contributed by atoms with Crippen LogP contribution < -0.4 is 4.72 Å². The van der Waals surface area contributed by atoms with Gasteiger partial charge in [-0.05, 0) is 61.6 Å². The van der Waals surface area contributed by atoms with E-state index >= 15 is 0 Å². The summed E-state index contributed by atoms with van der Waals surface area (Å²) in [6.45, 7) is 0. The molecule has 2 saturated carbocycles. The van der Waals surface area contributed by atoms with E-state index in [0.717, 1.165) is 17.2 Å². The summed E-state index contributed by atoms with van der Waals surface area (Å²) in [5, 5.41) is 0. The van der Waals surface area contributed by atoms with Gasteiger partial charge in [-0.1, -0.05) is 6.42 Å². The number of benzene rings is 1. The molecule has 2 aliphatic carbocycles. The second-order valence-corrected chi connectivity index (χ2v) is 8.17. The highest BCUT2D eigenvalue weighted by molar-refractivity contribution is 7.98. The van der Waals surface area contributed by atoms with Crippen molar-refractivity contribution in [2.24, 2.45) is 11.8 Å². The van der Waals surface area contributed by atoms with E-state index in [1.54, 1.807) is 23.9 Å². The Morgan fingerprint density at radius 2 is 1.89 bits per heavy atom. The summed E-state index contributed by atoms with van der Waals surface area (Å²) in [7, 11) is -3.35. The lowest BCUT2D eigenvalue weighted by Crippen LogP contribution is -2.38. The van der Waals surface area contributed by atoms with Crippen LogP contribution in [0.15, 0.2) is 34.1 Å². The molecule has 1 aromatic carbocycles. The molecule has 19 heavy (non-hydrogen) atoms. The quantitative estimate of drug-likeness (QED) is 0.869. The van der Waals surface area contributed by atoms with E-state index in [2.05, 4.69) is 4.72 Å². The van der Waals surface area contributed by atoms with Crippen molar-refractivity contribution in [2.45, 2.75) is 41.5 Å². The van der Waals surface area contributed by atoms with E-state index in [1.807, 2.05) is 18.4 Å². The van der Waals surface area contributed by atoms with E-state index in [0.29, 0.717) is 10.8 Å². The molecule has 5 heteroatoms. The number of hydrogen-bond donors (Lipinski definition) is 1. The van der Waals surface area contributed by atoms with Crippen molar-refractivity contribution in [2.75, 3.05) is 6.26 Å². The maximum atomic E-state index is 12.3. The van der Waals surface area contributed by atoms with Crippen LogP contribution >= 0.6 is 11.8 Å². The summed E-state index contributed by atoms with van der Waals surface area (Å²) in [6.07, 6.45) is 6.68. The van der Waals surface area contributed by atoms with E-state index < -0.39 is 10.0 Å². The number of nitrogens with one attached hydrogen (secondary N) is 1. The maximum Gasteiger partial charge on any atom is 0.240 e. The van der Waals surface area contributed by atoms with Crippen LogP contribution in [0.25, 0.3) is 0 Å². The Kier molecular flexibility index (Phi) is 3.62. The second-order valence-electron chi connectivity index (χ2n) is 5.58. The molecule has 0 saturated heterocycles. The van der Waals surface area contributed by atoms with E-state index in [-0.39, 0.29) is 6.04 Å². The number of sulfonamides is 1. The van der Waals surface area contributed by atoms with Crippen LogP contribution in [-0.2, 0) is 10.0 Å². The van der Waals surface area contributed by atoms with Crippen molar-refractivity contribution in [3.63, 3.8) is 0 Å². The normalized spacial score (nSPS) is 29.8. The molecule has 0 heterocycles. The van der Waals surface area contributed by atoms with Crippen LogP contribution in [0.2, 0.25) is 0 Å². The summed E-state index contributed by atoms with van der Waals surface area (Å²) in [4.78, 5) is 1.46. The molecule has 2 aliphatic rings. The van der Waals surface area contributed by atoms with Gasteiger partial charge in [-0.15, -0.1) is 11.8 Å². The van der Waals surface area contributed by atoms with Crippen molar-refractivity contribution in [1.29, 1.82) is 0 Å². The Morgan fingerprint density at radius 3 is 2.42 bits per heavy atom. The van der Waals surface area contributed by atoms with Crippen LogP contribution in [0, 0.1) is 11.8 Å². The molecule has 3 nitrogen and oxygen atoms in total. The van der Waals surface area contributed by atoms with Crippen LogP contribution in [0.4, 0.5) is 0 Å². The maximum absolute atomic E-state index is 12.3. The molecule has 0 radical (unpaired) electrons. The summed E-state index contributed by atoms with van der Waals surface area (Å²) >= 11 is 1.62. The van der Waals surface area contributed by atoms with E-state index in [1.165, 1.54) is 19.3 Å². The molecule has 0 amide bonds. The molecular formula is C14H19NO2S2. The zero-order chi connectivity index (χ0) is 13.5. The molecule has 1 aromatic rings. The molecule has 3 atom stereocenters. The average molecular weight is 297 g/mol. The third-order valence-electron chi connectivity index (χ3n) is 4.41. The van der Waals surface area contributed by atoms with Crippen LogP contribution in [-0.4, -0.2) is 20.7 Å². The molecule has 3 rings (SSSR count). The Labute approximate surface area is 119 Å². The van der Waals surface area contributed by atoms with Crippen LogP contribution in [0.1, 0.15) is 25.7 Å². The predicted molar refractivity (Wildman–Crippen MR) is 77.8 cm³/mol. The van der Waals surface area contributed by atoms with Gasteiger partial charge in [0.2, 0.25) is 10.0 Å². The zero-order valence-electron chi connectivity index (χ0n) is 11.0. The monoisotopic (exact) mass is 297 g/mol. The first-order valence-electron chi connectivity index (χ1n) is 6.75. The van der Waals surface area contributed by atoms with Gasteiger partial charge in [0.25, 0.3) is 0 Å². The largest absolute Gasteiger partial charge is 0.240 e. The minimum Gasteiger partial charge on any atom is -0.208 e. The summed E-state index contributed by atoms with van der Waals surface area (Å²) in [6, 6.07) is 7.27. The molecule has 0 spiro atoms. The first-order chi connectivity index (χ1) is 9.08. The fourth-order valence-corrected chi connectivity index (χ4v) is 5.14. The first-order valence-corrected chi connectivity index (χ1v) is 9.45. The van der Waals surface area contributed by atoms with Gasteiger partial charge in [0.1, 0.15) is 0 Å². The molecule has 2 fully saturated rings. The van der Waals surface area contributed by atoms with Gasteiger partial charge in [0, 0.05) is 10.9 Å². The molecule has 0 aliphatic heterocycles. The number of hydrogen-bond acceptors (Lipinski definition) is 3. The summed E-state index contributed by atoms with van der Waals surface area (Å²) in [5.41, 5.74) is 0. The first kappa shape index (κ1) is 13.5. The number of fused-ring (bicyclic) bond motifs is 2. The van der Waals surface area contributed by atoms with E-state index in [4.69, 9.17) is 0 Å². The predicted octanol–water partition coefficient (Wildman–Crippen LogP) is 2.88. The highest BCUT2D eigenvalue weighted by Crippen LogP contribution is 2.44. The van der Waals surface area contributed by atoms with Gasteiger partial charge < -0.3 is 0 Å². The molecule has 0 unspecified atom stereocenters. The standard InChI is InChI=1S/C14H19NO2S2/c1-18-12-4-6-13(7-5-12)19(16,17)15-14-9-10-2-3-11(14)8-10/h4-7,10-11,14-15H,2-3,8-9H2,1H3/t10-,11+,14+/m0/s1. The van der Waals surface area contributed by atoms with Gasteiger partial charge in [0.15, 0.2) is 0 Å². The fourth-order valence-electron chi connectivity index (χ4n) is 3.41. The van der Waals surface area contributed by atoms with Gasteiger partial charge in [-0.25, -0.2) is 13.1 Å². The van der Waals surface area contributed by atoms with Crippen molar-refractivity contribution >= 4 is 21.8 Å². The minimum absolute atomic E-state index is 0.156. The molecular weight excluding hydrogens is 278 g/mol. The molecule has 104 valence electrons. The van der Waals surface area contributed by atoms with Crippen molar-refractivity contribution in [3.05, 3.63) is 24.3 Å². The Balaban J connectivity index is 1.75. The Hall–Kier alpha value is -0.520. The summed E-state index contributed by atoms with van der Waals surface area (Å²) < 4.78 is 27.6. The fraction of sp³-hybridized carbons (Fsp3) is 0.571. The third kappa shape index (κ3) is 2.69. The third-order valence-corrected chi connectivity index (χ3v) is 6.66. The molecule has 2 bridgehead atoms. The molecule has 1 N–H and O–H groups in total. The number of thioether (sulfide) groups is 1. The minimum atomic E-state index is -3.35. The van der Waals surface area contributed by atoms with Gasteiger partial charge in [-0.3, -0.25) is 0 Å². The zero-order valence-corrected chi connectivity index (χ0v) is 12.6. The highest BCUT2D eigenvalue weighted by Gasteiger charge is 2.41. The lowest BCUT2D eigenvalue weighted by molar-refractivity contribution is 0.390. The lowest BCUT2D eigenvalue weighted by Gasteiger charge is -2.22. The van der Waals surface area contributed by atoms with Crippen molar-refractivity contribution in [1.82, 2.24) is 4.72 Å². The van der Waals surface area contributed by atoms with Gasteiger partial charge in [0.05, 0.1) is 4.90 Å². The Bertz CT molecular complexity index is 553.